The van der Waals surface area contributed by atoms with Gasteiger partial charge in [-0.2, -0.15) is 5.10 Å². The van der Waals surface area contributed by atoms with Crippen molar-refractivity contribution in [1.82, 2.24) is 5.43 Å². The summed E-state index contributed by atoms with van der Waals surface area (Å²) >= 11 is 0. The number of benzene rings is 2. The molecule has 2 aromatic carbocycles. The van der Waals surface area contributed by atoms with Gasteiger partial charge in [0.05, 0.1) is 13.3 Å². The number of methoxy groups -OCH3 is 1. The molecule has 2 rings (SSSR count). The summed E-state index contributed by atoms with van der Waals surface area (Å²) in [4.78, 5) is 11.8. The highest BCUT2D eigenvalue weighted by atomic mass is 16.5. The minimum atomic E-state index is -0.335. The lowest BCUT2D eigenvalue weighted by Gasteiger charge is -2.09. The van der Waals surface area contributed by atoms with Crippen molar-refractivity contribution in [2.45, 2.75) is 20.8 Å². The Hall–Kier alpha value is -2.82. The van der Waals surface area contributed by atoms with E-state index in [-0.39, 0.29) is 12.5 Å². The molecule has 1 amide bonds. The Morgan fingerprint density at radius 2 is 1.75 bits per heavy atom. The molecule has 126 valence electrons. The van der Waals surface area contributed by atoms with Crippen molar-refractivity contribution in [2.24, 2.45) is 5.10 Å². The van der Waals surface area contributed by atoms with Crippen LogP contribution >= 0.6 is 0 Å². The van der Waals surface area contributed by atoms with Crippen molar-refractivity contribution in [3.63, 3.8) is 0 Å². The Morgan fingerprint density at radius 1 is 1.08 bits per heavy atom. The van der Waals surface area contributed by atoms with Crippen LogP contribution in [-0.4, -0.2) is 25.8 Å². The molecular formula is C19H22N2O3. The summed E-state index contributed by atoms with van der Waals surface area (Å²) in [6, 6.07) is 11.3. The van der Waals surface area contributed by atoms with E-state index >= 15 is 0 Å². The van der Waals surface area contributed by atoms with E-state index in [1.54, 1.807) is 25.5 Å². The van der Waals surface area contributed by atoms with E-state index in [9.17, 15) is 4.79 Å². The predicted octanol–water partition coefficient (Wildman–Crippen LogP) is 3.15. The Morgan fingerprint density at radius 3 is 2.46 bits per heavy atom. The van der Waals surface area contributed by atoms with Gasteiger partial charge in [-0.05, 0) is 61.2 Å². The third-order valence-corrected chi connectivity index (χ3v) is 3.70. The maximum absolute atomic E-state index is 11.8. The van der Waals surface area contributed by atoms with Crippen molar-refractivity contribution in [2.75, 3.05) is 13.7 Å². The molecule has 0 aliphatic rings. The van der Waals surface area contributed by atoms with Gasteiger partial charge in [0.15, 0.2) is 18.1 Å². The number of ether oxygens (including phenoxy) is 2. The fraction of sp³-hybridized carbons (Fsp3) is 0.263. The van der Waals surface area contributed by atoms with Crippen molar-refractivity contribution >= 4 is 12.1 Å². The number of para-hydroxylation sites is 2. The molecule has 0 heterocycles. The van der Waals surface area contributed by atoms with E-state index in [0.717, 1.165) is 11.1 Å². The van der Waals surface area contributed by atoms with Crippen LogP contribution in [0.15, 0.2) is 41.5 Å². The molecule has 2 aromatic rings. The van der Waals surface area contributed by atoms with E-state index in [2.05, 4.69) is 23.5 Å². The van der Waals surface area contributed by atoms with Gasteiger partial charge in [-0.3, -0.25) is 4.79 Å². The van der Waals surface area contributed by atoms with Gasteiger partial charge < -0.3 is 9.47 Å². The van der Waals surface area contributed by atoms with Crippen molar-refractivity contribution in [3.05, 3.63) is 58.7 Å². The molecule has 5 nitrogen and oxygen atoms in total. The second-order valence-corrected chi connectivity index (χ2v) is 5.53. The van der Waals surface area contributed by atoms with Gasteiger partial charge in [0.25, 0.3) is 5.91 Å². The molecule has 0 aromatic heterocycles. The molecule has 5 heteroatoms. The Labute approximate surface area is 142 Å². The third-order valence-electron chi connectivity index (χ3n) is 3.70. The lowest BCUT2D eigenvalue weighted by molar-refractivity contribution is -0.123. The molecule has 0 fully saturated rings. The van der Waals surface area contributed by atoms with Crippen LogP contribution in [0.2, 0.25) is 0 Å². The van der Waals surface area contributed by atoms with Crippen LogP contribution in [0.25, 0.3) is 0 Å². The number of amides is 1. The molecular weight excluding hydrogens is 304 g/mol. The van der Waals surface area contributed by atoms with Crippen LogP contribution in [0.5, 0.6) is 11.5 Å². The van der Waals surface area contributed by atoms with Gasteiger partial charge in [0, 0.05) is 0 Å². The quantitative estimate of drug-likeness (QED) is 0.655. The Balaban J connectivity index is 1.90. The molecule has 0 saturated carbocycles. The number of nitrogens with one attached hydrogen (secondary N) is 1. The number of aryl methyl sites for hydroxylation is 3. The smallest absolute Gasteiger partial charge is 0.277 e. The fourth-order valence-electron chi connectivity index (χ4n) is 2.21. The van der Waals surface area contributed by atoms with Gasteiger partial charge in [-0.15, -0.1) is 0 Å². The first-order valence-electron chi connectivity index (χ1n) is 7.67. The number of carbonyl (C=O) groups is 1. The fourth-order valence-corrected chi connectivity index (χ4v) is 2.21. The van der Waals surface area contributed by atoms with Gasteiger partial charge in [-0.25, -0.2) is 5.43 Å². The molecule has 0 spiro atoms. The van der Waals surface area contributed by atoms with Gasteiger partial charge in [0.2, 0.25) is 0 Å². The Kier molecular flexibility index (Phi) is 5.95. The van der Waals surface area contributed by atoms with Crippen molar-refractivity contribution in [3.8, 4) is 11.5 Å². The zero-order chi connectivity index (χ0) is 17.5. The number of hydrazone groups is 1. The molecule has 0 saturated heterocycles. The third kappa shape index (κ3) is 4.59. The van der Waals surface area contributed by atoms with E-state index < -0.39 is 0 Å². The van der Waals surface area contributed by atoms with Crippen LogP contribution in [0.1, 0.15) is 22.3 Å². The number of carbonyl (C=O) groups excluding carboxylic acids is 1. The second-order valence-electron chi connectivity index (χ2n) is 5.53. The molecule has 24 heavy (non-hydrogen) atoms. The summed E-state index contributed by atoms with van der Waals surface area (Å²) in [6.07, 6.45) is 1.64. The molecule has 0 aliphatic heterocycles. The highest BCUT2D eigenvalue weighted by molar-refractivity contribution is 5.84. The number of hydrogen-bond donors (Lipinski definition) is 1. The summed E-state index contributed by atoms with van der Waals surface area (Å²) < 4.78 is 10.6. The highest BCUT2D eigenvalue weighted by Crippen LogP contribution is 2.25. The van der Waals surface area contributed by atoms with Crippen LogP contribution in [0, 0.1) is 20.8 Å². The SMILES string of the molecule is COc1ccccc1OCC(=O)N/N=C\c1cc(C)c(C)cc1C. The number of rotatable bonds is 6. The molecule has 0 atom stereocenters. The molecule has 0 radical (unpaired) electrons. The van der Waals surface area contributed by atoms with Gasteiger partial charge in [0.1, 0.15) is 0 Å². The summed E-state index contributed by atoms with van der Waals surface area (Å²) in [7, 11) is 1.55. The minimum absolute atomic E-state index is 0.135. The average molecular weight is 326 g/mol. The zero-order valence-electron chi connectivity index (χ0n) is 14.4. The van der Waals surface area contributed by atoms with Crippen LogP contribution < -0.4 is 14.9 Å². The average Bonchev–Trinajstić information content (AvgIpc) is 2.57. The summed E-state index contributed by atoms with van der Waals surface area (Å²) in [5.74, 6) is 0.766. The van der Waals surface area contributed by atoms with Crippen LogP contribution in [-0.2, 0) is 4.79 Å². The minimum Gasteiger partial charge on any atom is -0.493 e. The maximum Gasteiger partial charge on any atom is 0.277 e. The summed E-state index contributed by atoms with van der Waals surface area (Å²) in [6.45, 7) is 6.00. The maximum atomic E-state index is 11.8. The first-order chi connectivity index (χ1) is 11.5. The van der Waals surface area contributed by atoms with E-state index in [4.69, 9.17) is 9.47 Å². The van der Waals surface area contributed by atoms with Crippen LogP contribution in [0.4, 0.5) is 0 Å². The zero-order valence-corrected chi connectivity index (χ0v) is 14.4. The first-order valence-corrected chi connectivity index (χ1v) is 7.67. The summed E-state index contributed by atoms with van der Waals surface area (Å²) in [5.41, 5.74) is 6.98. The first kappa shape index (κ1) is 17.5. The van der Waals surface area contributed by atoms with Gasteiger partial charge >= 0.3 is 0 Å². The highest BCUT2D eigenvalue weighted by Gasteiger charge is 2.06. The standard InChI is InChI=1S/C19H22N2O3/c1-13-9-15(3)16(10-14(13)2)11-20-21-19(22)12-24-18-8-6-5-7-17(18)23-4/h5-11H,12H2,1-4H3,(H,21,22)/b20-11-. The van der Waals surface area contributed by atoms with Crippen LogP contribution in [0.3, 0.4) is 0 Å². The lowest BCUT2D eigenvalue weighted by atomic mass is 10.0. The monoisotopic (exact) mass is 326 g/mol. The number of hydrogen-bond acceptors (Lipinski definition) is 4. The number of nitrogens with zero attached hydrogens (tertiary/aromatic N) is 1. The van der Waals surface area contributed by atoms with E-state index in [1.165, 1.54) is 11.1 Å². The van der Waals surface area contributed by atoms with Crippen molar-refractivity contribution < 1.29 is 14.3 Å². The van der Waals surface area contributed by atoms with Crippen molar-refractivity contribution in [1.29, 1.82) is 0 Å². The predicted molar refractivity (Wildman–Crippen MR) is 94.9 cm³/mol. The molecule has 0 aliphatic carbocycles. The Bertz CT molecular complexity index is 754. The summed E-state index contributed by atoms with van der Waals surface area (Å²) in [5, 5.41) is 3.99. The molecule has 1 N–H and O–H groups in total. The van der Waals surface area contributed by atoms with Gasteiger partial charge in [-0.1, -0.05) is 18.2 Å². The topological polar surface area (TPSA) is 59.9 Å². The molecule has 0 unspecified atom stereocenters. The van der Waals surface area contributed by atoms with E-state index in [1.807, 2.05) is 32.0 Å². The normalized spacial score (nSPS) is 10.7. The lowest BCUT2D eigenvalue weighted by Crippen LogP contribution is -2.24. The van der Waals surface area contributed by atoms with E-state index in [0.29, 0.717) is 11.5 Å². The molecule has 0 bridgehead atoms. The second kappa shape index (κ2) is 8.15. The largest absolute Gasteiger partial charge is 0.493 e.